The molecule has 1 aromatic carbocycles. The minimum absolute atomic E-state index is 0.0856. The van der Waals surface area contributed by atoms with E-state index in [2.05, 4.69) is 5.32 Å². The van der Waals surface area contributed by atoms with Gasteiger partial charge in [0, 0.05) is 24.8 Å². The normalized spacial score (nSPS) is 28.2. The highest BCUT2D eigenvalue weighted by atomic mass is 35.5. The van der Waals surface area contributed by atoms with E-state index in [0.717, 1.165) is 31.6 Å². The van der Waals surface area contributed by atoms with Gasteiger partial charge < -0.3 is 11.1 Å². The number of amides is 1. The first-order chi connectivity index (χ1) is 11.2. The number of nitrogens with zero attached hydrogens (tertiary/aromatic N) is 1. The monoisotopic (exact) mass is 361 g/mol. The zero-order valence-electron chi connectivity index (χ0n) is 13.1. The number of hydrogen-bond acceptors (Lipinski definition) is 3. The van der Waals surface area contributed by atoms with Crippen molar-refractivity contribution in [1.82, 2.24) is 4.90 Å². The average Bonchev–Trinajstić information content (AvgIpc) is 2.54. The molecule has 1 aliphatic carbocycles. The number of alkyl halides is 3. The molecule has 1 aromatic rings. The third-order valence-electron chi connectivity index (χ3n) is 5.10. The lowest BCUT2D eigenvalue weighted by atomic mass is 9.66. The van der Waals surface area contributed by atoms with E-state index in [9.17, 15) is 18.0 Å². The first-order valence-corrected chi connectivity index (χ1v) is 8.22. The van der Waals surface area contributed by atoms with E-state index in [1.165, 1.54) is 6.07 Å². The van der Waals surface area contributed by atoms with E-state index in [1.807, 2.05) is 4.90 Å². The number of hydrogen-bond donors (Lipinski definition) is 2. The fourth-order valence-electron chi connectivity index (χ4n) is 3.51. The number of nitrogens with one attached hydrogen (secondary N) is 1. The van der Waals surface area contributed by atoms with Gasteiger partial charge in [-0.1, -0.05) is 11.6 Å². The van der Waals surface area contributed by atoms with Gasteiger partial charge in [0.25, 0.3) is 0 Å². The summed E-state index contributed by atoms with van der Waals surface area (Å²) in [4.78, 5) is 14.4. The minimum Gasteiger partial charge on any atom is -0.327 e. The molecule has 3 N–H and O–H groups in total. The van der Waals surface area contributed by atoms with Crippen LogP contribution in [0.1, 0.15) is 18.9 Å². The first-order valence-electron chi connectivity index (χ1n) is 7.84. The summed E-state index contributed by atoms with van der Waals surface area (Å²) in [5.74, 6) is 0.484. The fraction of sp³-hybridized carbons (Fsp3) is 0.562. The van der Waals surface area contributed by atoms with Crippen molar-refractivity contribution in [2.45, 2.75) is 31.6 Å². The van der Waals surface area contributed by atoms with Gasteiger partial charge in [-0.2, -0.15) is 13.2 Å². The van der Waals surface area contributed by atoms with Crippen LogP contribution < -0.4 is 11.1 Å². The molecule has 4 nitrogen and oxygen atoms in total. The highest BCUT2D eigenvalue weighted by Crippen LogP contribution is 2.39. The fourth-order valence-corrected chi connectivity index (χ4v) is 3.74. The third-order valence-corrected chi connectivity index (χ3v) is 5.43. The minimum atomic E-state index is -4.56. The summed E-state index contributed by atoms with van der Waals surface area (Å²) in [5.41, 5.74) is 5.14. The van der Waals surface area contributed by atoms with Crippen LogP contribution in [0.2, 0.25) is 5.02 Å². The van der Waals surface area contributed by atoms with Crippen molar-refractivity contribution < 1.29 is 18.0 Å². The number of fused-ring (bicyclic) bond motifs is 2. The lowest BCUT2D eigenvalue weighted by Gasteiger charge is -2.53. The Bertz CT molecular complexity index is 640. The summed E-state index contributed by atoms with van der Waals surface area (Å²) in [6.45, 7) is 3.26. The van der Waals surface area contributed by atoms with Crippen LogP contribution in [0.5, 0.6) is 0 Å². The smallest absolute Gasteiger partial charge is 0.327 e. The first kappa shape index (κ1) is 17.5. The zero-order chi connectivity index (χ0) is 17.6. The molecular weight excluding hydrogens is 343 g/mol. The van der Waals surface area contributed by atoms with Gasteiger partial charge in [0.15, 0.2) is 0 Å². The standard InChI is InChI=1S/C16H19ClF3N3O/c1-8(23-6-9-4-10(7-23)14(9)21)15(24)22-11-2-3-13(17)12(5-11)16(18,19)20/h2-3,5,8-10,14H,4,6-7,21H2,1H3,(H,22,24). The maximum Gasteiger partial charge on any atom is 0.417 e. The molecule has 1 amide bonds. The molecule has 3 fully saturated rings. The highest BCUT2D eigenvalue weighted by Gasteiger charge is 2.46. The lowest BCUT2D eigenvalue weighted by molar-refractivity contribution is -0.137. The number of benzene rings is 1. The second-order valence-electron chi connectivity index (χ2n) is 6.64. The van der Waals surface area contributed by atoms with Crippen LogP contribution in [0.15, 0.2) is 18.2 Å². The number of nitrogens with two attached hydrogens (primary N) is 1. The Kier molecular flexibility index (Phi) is 4.53. The third kappa shape index (κ3) is 3.25. The molecule has 3 atom stereocenters. The van der Waals surface area contributed by atoms with Crippen LogP contribution in [0.3, 0.4) is 0 Å². The molecule has 0 radical (unpaired) electrons. The molecule has 4 rings (SSSR count). The van der Waals surface area contributed by atoms with E-state index >= 15 is 0 Å². The molecule has 2 bridgehead atoms. The molecule has 2 heterocycles. The Morgan fingerprint density at radius 3 is 2.54 bits per heavy atom. The van der Waals surface area contributed by atoms with Gasteiger partial charge >= 0.3 is 6.18 Å². The van der Waals surface area contributed by atoms with Crippen molar-refractivity contribution in [3.05, 3.63) is 28.8 Å². The van der Waals surface area contributed by atoms with Crippen molar-refractivity contribution in [3.8, 4) is 0 Å². The molecule has 132 valence electrons. The van der Waals surface area contributed by atoms with Crippen molar-refractivity contribution in [3.63, 3.8) is 0 Å². The maximum atomic E-state index is 12.9. The van der Waals surface area contributed by atoms with Crippen LogP contribution in [0, 0.1) is 11.8 Å². The second kappa shape index (κ2) is 6.20. The van der Waals surface area contributed by atoms with Crippen LogP contribution >= 0.6 is 11.6 Å². The van der Waals surface area contributed by atoms with E-state index < -0.39 is 22.8 Å². The maximum absolute atomic E-state index is 12.9. The van der Waals surface area contributed by atoms with E-state index in [0.29, 0.717) is 11.8 Å². The Hall–Kier alpha value is -1.31. The Morgan fingerprint density at radius 1 is 1.38 bits per heavy atom. The SMILES string of the molecule is CC(C(=O)Nc1ccc(Cl)c(C(F)(F)F)c1)N1CC2CC(C1)C2N. The van der Waals surface area contributed by atoms with Gasteiger partial charge in [0.05, 0.1) is 16.6 Å². The van der Waals surface area contributed by atoms with Crippen molar-refractivity contribution >= 4 is 23.2 Å². The number of piperidine rings is 2. The number of carbonyl (C=O) groups excluding carboxylic acids is 1. The van der Waals surface area contributed by atoms with Crippen molar-refractivity contribution in [2.24, 2.45) is 17.6 Å². The lowest BCUT2D eigenvalue weighted by Crippen LogP contribution is -2.64. The summed E-state index contributed by atoms with van der Waals surface area (Å²) in [6, 6.07) is 3.15. The van der Waals surface area contributed by atoms with Gasteiger partial charge in [-0.15, -0.1) is 0 Å². The predicted octanol–water partition coefficient (Wildman–Crippen LogP) is 2.96. The summed E-state index contributed by atoms with van der Waals surface area (Å²) in [6.07, 6.45) is -3.47. The summed E-state index contributed by atoms with van der Waals surface area (Å²) in [7, 11) is 0. The van der Waals surface area contributed by atoms with Gasteiger partial charge in [-0.25, -0.2) is 0 Å². The predicted molar refractivity (Wildman–Crippen MR) is 85.7 cm³/mol. The number of carbonyl (C=O) groups is 1. The highest BCUT2D eigenvalue weighted by molar-refractivity contribution is 6.31. The summed E-state index contributed by atoms with van der Waals surface area (Å²) in [5, 5.41) is 2.16. The zero-order valence-corrected chi connectivity index (χ0v) is 13.9. The topological polar surface area (TPSA) is 58.4 Å². The van der Waals surface area contributed by atoms with Crippen molar-refractivity contribution in [1.29, 1.82) is 0 Å². The molecule has 0 aromatic heterocycles. The summed E-state index contributed by atoms with van der Waals surface area (Å²) >= 11 is 5.58. The van der Waals surface area contributed by atoms with Gasteiger partial charge in [0.2, 0.25) is 5.91 Å². The van der Waals surface area contributed by atoms with E-state index in [4.69, 9.17) is 17.3 Å². The number of anilines is 1. The van der Waals surface area contributed by atoms with Crippen LogP contribution in [0.25, 0.3) is 0 Å². The molecule has 1 saturated carbocycles. The largest absolute Gasteiger partial charge is 0.417 e. The second-order valence-corrected chi connectivity index (χ2v) is 7.05. The molecular formula is C16H19ClF3N3O. The van der Waals surface area contributed by atoms with Crippen molar-refractivity contribution in [2.75, 3.05) is 18.4 Å². The van der Waals surface area contributed by atoms with Gasteiger partial charge in [-0.3, -0.25) is 9.69 Å². The molecule has 2 aliphatic heterocycles. The van der Waals surface area contributed by atoms with Gasteiger partial charge in [-0.05, 0) is 43.4 Å². The summed E-state index contributed by atoms with van der Waals surface area (Å²) < 4.78 is 38.6. The molecule has 3 aliphatic rings. The molecule has 3 unspecified atom stereocenters. The average molecular weight is 362 g/mol. The Morgan fingerprint density at radius 2 is 2.00 bits per heavy atom. The van der Waals surface area contributed by atoms with Crippen LogP contribution in [-0.4, -0.2) is 36.0 Å². The molecule has 8 heteroatoms. The van der Waals surface area contributed by atoms with Gasteiger partial charge in [0.1, 0.15) is 0 Å². The molecule has 2 saturated heterocycles. The Labute approximate surface area is 143 Å². The van der Waals surface area contributed by atoms with Crippen LogP contribution in [-0.2, 0) is 11.0 Å². The molecule has 0 spiro atoms. The van der Waals surface area contributed by atoms with E-state index in [-0.39, 0.29) is 17.6 Å². The Balaban J connectivity index is 1.67. The van der Waals surface area contributed by atoms with Crippen LogP contribution in [0.4, 0.5) is 18.9 Å². The number of halogens is 4. The molecule has 24 heavy (non-hydrogen) atoms. The van der Waals surface area contributed by atoms with E-state index in [1.54, 1.807) is 6.92 Å². The quantitative estimate of drug-likeness (QED) is 0.870. The number of rotatable bonds is 3.